The summed E-state index contributed by atoms with van der Waals surface area (Å²) in [4.78, 5) is 15.1. The lowest BCUT2D eigenvalue weighted by atomic mass is 9.98. The van der Waals surface area contributed by atoms with E-state index in [0.717, 1.165) is 28.8 Å². The molecule has 0 aliphatic heterocycles. The SMILES string of the molecule is CCCCCCCc1ccc(-c2ccc(C(=O)O)c(C)c2)cc1.OCCc1ccccn1. The molecule has 0 aliphatic carbocycles. The first-order chi connectivity index (χ1) is 15.5. The van der Waals surface area contributed by atoms with Crippen molar-refractivity contribution < 1.29 is 15.0 Å². The summed E-state index contributed by atoms with van der Waals surface area (Å²) >= 11 is 0. The first-order valence-corrected chi connectivity index (χ1v) is 11.5. The Bertz CT molecular complexity index is 937. The minimum absolute atomic E-state index is 0.178. The molecule has 0 radical (unpaired) electrons. The van der Waals surface area contributed by atoms with Crippen molar-refractivity contribution in [2.24, 2.45) is 0 Å². The number of hydrogen-bond donors (Lipinski definition) is 2. The highest BCUT2D eigenvalue weighted by molar-refractivity contribution is 5.90. The molecule has 2 N–H and O–H groups in total. The summed E-state index contributed by atoms with van der Waals surface area (Å²) in [5.74, 6) is -0.868. The smallest absolute Gasteiger partial charge is 0.335 e. The highest BCUT2D eigenvalue weighted by Gasteiger charge is 2.08. The zero-order valence-corrected chi connectivity index (χ0v) is 19.3. The fraction of sp³-hybridized carbons (Fsp3) is 0.357. The third-order valence-corrected chi connectivity index (χ3v) is 5.41. The topological polar surface area (TPSA) is 70.4 Å². The van der Waals surface area contributed by atoms with Crippen molar-refractivity contribution in [1.82, 2.24) is 4.98 Å². The number of nitrogens with zero attached hydrogens (tertiary/aromatic N) is 1. The lowest BCUT2D eigenvalue weighted by molar-refractivity contribution is 0.0696. The fourth-order valence-corrected chi connectivity index (χ4v) is 3.54. The number of aromatic nitrogens is 1. The molecule has 3 rings (SSSR count). The maximum atomic E-state index is 11.1. The Labute approximate surface area is 192 Å². The first kappa shape index (κ1) is 25.3. The van der Waals surface area contributed by atoms with E-state index in [-0.39, 0.29) is 6.61 Å². The van der Waals surface area contributed by atoms with E-state index in [1.54, 1.807) is 12.3 Å². The summed E-state index contributed by atoms with van der Waals surface area (Å²) < 4.78 is 0. The minimum Gasteiger partial charge on any atom is -0.478 e. The summed E-state index contributed by atoms with van der Waals surface area (Å²) in [7, 11) is 0. The van der Waals surface area contributed by atoms with Crippen molar-refractivity contribution >= 4 is 5.97 Å². The van der Waals surface area contributed by atoms with Crippen LogP contribution in [0, 0.1) is 6.92 Å². The second-order valence-electron chi connectivity index (χ2n) is 7.99. The van der Waals surface area contributed by atoms with E-state index in [2.05, 4.69) is 36.2 Å². The average molecular weight is 434 g/mol. The molecule has 0 fully saturated rings. The Morgan fingerprint density at radius 3 is 2.19 bits per heavy atom. The van der Waals surface area contributed by atoms with E-state index in [4.69, 9.17) is 10.2 Å². The van der Waals surface area contributed by atoms with Gasteiger partial charge in [-0.25, -0.2) is 4.79 Å². The van der Waals surface area contributed by atoms with E-state index in [1.807, 2.05) is 37.3 Å². The number of unbranched alkanes of at least 4 members (excludes halogenated alkanes) is 4. The Kier molecular flexibility index (Phi) is 11.2. The molecular weight excluding hydrogens is 398 g/mol. The van der Waals surface area contributed by atoms with Gasteiger partial charge in [0.15, 0.2) is 0 Å². The van der Waals surface area contributed by atoms with E-state index in [1.165, 1.54) is 37.7 Å². The Morgan fingerprint density at radius 2 is 1.59 bits per heavy atom. The molecule has 0 unspecified atom stereocenters. The van der Waals surface area contributed by atoms with Gasteiger partial charge in [0.2, 0.25) is 0 Å². The highest BCUT2D eigenvalue weighted by Crippen LogP contribution is 2.23. The Hall–Kier alpha value is -2.98. The summed E-state index contributed by atoms with van der Waals surface area (Å²) in [6, 6.07) is 19.8. The predicted octanol–water partition coefficient (Wildman–Crippen LogP) is 6.49. The monoisotopic (exact) mass is 433 g/mol. The number of pyridine rings is 1. The lowest BCUT2D eigenvalue weighted by Gasteiger charge is -2.07. The van der Waals surface area contributed by atoms with Crippen LogP contribution in [0.15, 0.2) is 66.9 Å². The van der Waals surface area contributed by atoms with Gasteiger partial charge in [0.05, 0.1) is 5.56 Å². The van der Waals surface area contributed by atoms with Gasteiger partial charge in [-0.15, -0.1) is 0 Å². The molecule has 4 nitrogen and oxygen atoms in total. The summed E-state index contributed by atoms with van der Waals surface area (Å²) in [5, 5.41) is 17.6. The zero-order chi connectivity index (χ0) is 23.2. The number of benzene rings is 2. The quantitative estimate of drug-likeness (QED) is 0.359. The molecule has 1 aromatic heterocycles. The molecule has 1 heterocycles. The molecule has 0 saturated carbocycles. The van der Waals surface area contributed by atoms with E-state index >= 15 is 0 Å². The molecular formula is C28H35NO3. The standard InChI is InChI=1S/C21H26O2.C7H9NO/c1-3-4-5-6-7-8-17-9-11-18(12-10-17)19-13-14-20(21(22)23)16(2)15-19;9-6-4-7-3-1-2-5-8-7/h9-15H,3-8H2,1-2H3,(H,22,23);1-3,5,9H,4,6H2. The molecule has 32 heavy (non-hydrogen) atoms. The van der Waals surface area contributed by atoms with Crippen LogP contribution in [-0.2, 0) is 12.8 Å². The Balaban J connectivity index is 0.000000336. The number of hydrogen-bond acceptors (Lipinski definition) is 3. The van der Waals surface area contributed by atoms with E-state index < -0.39 is 5.97 Å². The van der Waals surface area contributed by atoms with Gasteiger partial charge in [-0.05, 0) is 60.2 Å². The minimum atomic E-state index is -0.868. The van der Waals surface area contributed by atoms with Gasteiger partial charge in [-0.2, -0.15) is 0 Å². The molecule has 0 amide bonds. The zero-order valence-electron chi connectivity index (χ0n) is 19.3. The van der Waals surface area contributed by atoms with Crippen LogP contribution in [0.1, 0.15) is 66.2 Å². The number of aliphatic hydroxyl groups is 1. The van der Waals surface area contributed by atoms with Crippen LogP contribution >= 0.6 is 0 Å². The number of carbonyl (C=O) groups is 1. The third-order valence-electron chi connectivity index (χ3n) is 5.41. The van der Waals surface area contributed by atoms with Gasteiger partial charge in [0.1, 0.15) is 0 Å². The van der Waals surface area contributed by atoms with Crippen LogP contribution in [0.25, 0.3) is 11.1 Å². The molecule has 0 bridgehead atoms. The highest BCUT2D eigenvalue weighted by atomic mass is 16.4. The van der Waals surface area contributed by atoms with Gasteiger partial charge in [0.25, 0.3) is 0 Å². The lowest BCUT2D eigenvalue weighted by Crippen LogP contribution is -1.99. The predicted molar refractivity (Wildman–Crippen MR) is 131 cm³/mol. The first-order valence-electron chi connectivity index (χ1n) is 11.5. The van der Waals surface area contributed by atoms with Gasteiger partial charge in [-0.3, -0.25) is 4.98 Å². The van der Waals surface area contributed by atoms with Crippen molar-refractivity contribution in [2.45, 2.75) is 58.8 Å². The van der Waals surface area contributed by atoms with Gasteiger partial charge >= 0.3 is 5.97 Å². The van der Waals surface area contributed by atoms with Crippen LogP contribution < -0.4 is 0 Å². The van der Waals surface area contributed by atoms with Crippen LogP contribution in [-0.4, -0.2) is 27.8 Å². The number of carboxylic acid groups (broad SMARTS) is 1. The molecule has 4 heteroatoms. The third kappa shape index (κ3) is 8.64. The van der Waals surface area contributed by atoms with Crippen LogP contribution in [0.3, 0.4) is 0 Å². The molecule has 170 valence electrons. The van der Waals surface area contributed by atoms with Crippen molar-refractivity contribution in [3.05, 3.63) is 89.2 Å². The van der Waals surface area contributed by atoms with Crippen molar-refractivity contribution in [1.29, 1.82) is 0 Å². The van der Waals surface area contributed by atoms with E-state index in [0.29, 0.717) is 12.0 Å². The van der Waals surface area contributed by atoms with Gasteiger partial charge < -0.3 is 10.2 Å². The number of aryl methyl sites for hydroxylation is 2. The fourth-order valence-electron chi connectivity index (χ4n) is 3.54. The Morgan fingerprint density at radius 1 is 0.875 bits per heavy atom. The summed E-state index contributed by atoms with van der Waals surface area (Å²) in [5.41, 5.74) is 5.71. The normalized spacial score (nSPS) is 10.3. The maximum absolute atomic E-state index is 11.1. The van der Waals surface area contributed by atoms with Gasteiger partial charge in [0, 0.05) is 24.9 Å². The average Bonchev–Trinajstić information content (AvgIpc) is 2.80. The van der Waals surface area contributed by atoms with Gasteiger partial charge in [-0.1, -0.05) is 75.1 Å². The summed E-state index contributed by atoms with van der Waals surface area (Å²) in [6.45, 7) is 4.26. The van der Waals surface area contributed by atoms with Crippen LogP contribution in [0.2, 0.25) is 0 Å². The maximum Gasteiger partial charge on any atom is 0.335 e. The molecule has 2 aromatic carbocycles. The second-order valence-corrected chi connectivity index (χ2v) is 7.99. The molecule has 0 spiro atoms. The number of carboxylic acids is 1. The largest absolute Gasteiger partial charge is 0.478 e. The molecule has 0 atom stereocenters. The number of aliphatic hydroxyl groups excluding tert-OH is 1. The number of rotatable bonds is 10. The van der Waals surface area contributed by atoms with Crippen molar-refractivity contribution in [2.75, 3.05) is 6.61 Å². The van der Waals surface area contributed by atoms with Crippen molar-refractivity contribution in [3.63, 3.8) is 0 Å². The van der Waals surface area contributed by atoms with Crippen LogP contribution in [0.4, 0.5) is 0 Å². The second kappa shape index (κ2) is 14.2. The van der Waals surface area contributed by atoms with Crippen LogP contribution in [0.5, 0.6) is 0 Å². The molecule has 3 aromatic rings. The number of aromatic carboxylic acids is 1. The molecule has 0 aliphatic rings. The molecule has 0 saturated heterocycles. The van der Waals surface area contributed by atoms with E-state index in [9.17, 15) is 4.79 Å². The van der Waals surface area contributed by atoms with Crippen molar-refractivity contribution in [3.8, 4) is 11.1 Å². The summed E-state index contributed by atoms with van der Waals surface area (Å²) in [6.07, 6.45) is 10.0.